The summed E-state index contributed by atoms with van der Waals surface area (Å²) in [6.07, 6.45) is 0. The Labute approximate surface area is 133 Å². The first-order valence-electron chi connectivity index (χ1n) is 6.07. The van der Waals surface area contributed by atoms with Crippen LogP contribution in [-0.2, 0) is 0 Å². The fourth-order valence-corrected chi connectivity index (χ4v) is 3.25. The molecule has 0 unspecified atom stereocenters. The Morgan fingerprint density at radius 3 is 2.90 bits per heavy atom. The number of anilines is 3. The second kappa shape index (κ2) is 5.31. The standard InChI is InChI=1S/C14H10BrN5S/c1-7-4-10-12(19-14(17)20-13(10)21-7)18-11-5-9(15)3-2-8(11)6-16/h2-5H,1H3,(H3,17,18,19,20). The Bertz CT molecular complexity index is 881. The predicted octanol–water partition coefficient (Wildman–Crippen LogP) is 3.96. The molecule has 21 heavy (non-hydrogen) atoms. The smallest absolute Gasteiger partial charge is 0.223 e. The van der Waals surface area contributed by atoms with E-state index in [1.54, 1.807) is 17.4 Å². The number of nitrogen functional groups attached to an aromatic ring is 1. The summed E-state index contributed by atoms with van der Waals surface area (Å²) in [6.45, 7) is 2.01. The molecular formula is C14H10BrN5S. The van der Waals surface area contributed by atoms with Gasteiger partial charge in [0.1, 0.15) is 16.7 Å². The molecule has 0 saturated carbocycles. The lowest BCUT2D eigenvalue weighted by molar-refractivity contribution is 1.24. The predicted molar refractivity (Wildman–Crippen MR) is 88.7 cm³/mol. The molecule has 0 atom stereocenters. The molecule has 3 N–H and O–H groups in total. The van der Waals surface area contributed by atoms with Gasteiger partial charge < -0.3 is 11.1 Å². The average molecular weight is 360 g/mol. The third-order valence-corrected chi connectivity index (χ3v) is 4.33. The highest BCUT2D eigenvalue weighted by Crippen LogP contribution is 2.32. The minimum atomic E-state index is 0.209. The molecule has 0 radical (unpaired) electrons. The monoisotopic (exact) mass is 359 g/mol. The van der Waals surface area contributed by atoms with E-state index in [9.17, 15) is 5.26 Å². The number of halogens is 1. The lowest BCUT2D eigenvalue weighted by atomic mass is 10.2. The topological polar surface area (TPSA) is 87.6 Å². The van der Waals surface area contributed by atoms with Crippen LogP contribution in [0.15, 0.2) is 28.7 Å². The summed E-state index contributed by atoms with van der Waals surface area (Å²) in [5.41, 5.74) is 6.97. The fourth-order valence-electron chi connectivity index (χ4n) is 2.00. The van der Waals surface area contributed by atoms with E-state index in [1.165, 1.54) is 0 Å². The van der Waals surface area contributed by atoms with Crippen LogP contribution < -0.4 is 11.1 Å². The first-order valence-corrected chi connectivity index (χ1v) is 7.68. The molecule has 2 aromatic heterocycles. The SMILES string of the molecule is Cc1cc2c(Nc3cc(Br)ccc3C#N)nc(N)nc2s1. The number of rotatable bonds is 2. The van der Waals surface area contributed by atoms with Crippen molar-refractivity contribution in [3.63, 3.8) is 0 Å². The molecule has 0 amide bonds. The Morgan fingerprint density at radius 2 is 2.14 bits per heavy atom. The summed E-state index contributed by atoms with van der Waals surface area (Å²) in [7, 11) is 0. The number of nitriles is 1. The van der Waals surface area contributed by atoms with Crippen molar-refractivity contribution in [2.75, 3.05) is 11.1 Å². The number of nitrogens with zero attached hydrogens (tertiary/aromatic N) is 3. The second-order valence-corrected chi connectivity index (χ2v) is 6.58. The molecule has 5 nitrogen and oxygen atoms in total. The van der Waals surface area contributed by atoms with Crippen molar-refractivity contribution in [3.8, 4) is 6.07 Å². The number of thiophene rings is 1. The molecule has 0 fully saturated rings. The quantitative estimate of drug-likeness (QED) is 0.722. The molecule has 0 aliphatic rings. The Kier molecular flexibility index (Phi) is 3.49. The molecule has 1 aromatic carbocycles. The Balaban J connectivity index is 2.14. The van der Waals surface area contributed by atoms with Gasteiger partial charge in [0, 0.05) is 9.35 Å². The average Bonchev–Trinajstić information content (AvgIpc) is 2.79. The number of nitrogens with one attached hydrogen (secondary N) is 1. The van der Waals surface area contributed by atoms with Crippen LogP contribution in [0.1, 0.15) is 10.4 Å². The van der Waals surface area contributed by atoms with Gasteiger partial charge in [-0.2, -0.15) is 10.2 Å². The minimum Gasteiger partial charge on any atom is -0.368 e. The third-order valence-electron chi connectivity index (χ3n) is 2.89. The van der Waals surface area contributed by atoms with E-state index in [4.69, 9.17) is 5.73 Å². The molecule has 104 valence electrons. The van der Waals surface area contributed by atoms with E-state index >= 15 is 0 Å². The van der Waals surface area contributed by atoms with Crippen molar-refractivity contribution in [3.05, 3.63) is 39.2 Å². The van der Waals surface area contributed by atoms with E-state index in [2.05, 4.69) is 37.3 Å². The number of hydrogen-bond acceptors (Lipinski definition) is 6. The van der Waals surface area contributed by atoms with Gasteiger partial charge in [0.2, 0.25) is 5.95 Å². The Hall–Kier alpha value is -2.17. The van der Waals surface area contributed by atoms with Crippen LogP contribution in [0, 0.1) is 18.3 Å². The van der Waals surface area contributed by atoms with Gasteiger partial charge in [0.25, 0.3) is 0 Å². The van der Waals surface area contributed by atoms with Crippen LogP contribution >= 0.6 is 27.3 Å². The maximum atomic E-state index is 9.20. The fraction of sp³-hybridized carbons (Fsp3) is 0.0714. The van der Waals surface area contributed by atoms with Crippen molar-refractivity contribution in [1.29, 1.82) is 5.26 Å². The van der Waals surface area contributed by atoms with Gasteiger partial charge in [0.05, 0.1) is 16.6 Å². The maximum absolute atomic E-state index is 9.20. The number of fused-ring (bicyclic) bond motifs is 1. The zero-order valence-electron chi connectivity index (χ0n) is 11.0. The molecule has 7 heteroatoms. The van der Waals surface area contributed by atoms with Crippen molar-refractivity contribution in [1.82, 2.24) is 9.97 Å². The van der Waals surface area contributed by atoms with Crippen LogP contribution in [0.25, 0.3) is 10.2 Å². The summed E-state index contributed by atoms with van der Waals surface area (Å²) in [5.74, 6) is 0.816. The summed E-state index contributed by atoms with van der Waals surface area (Å²) in [6, 6.07) is 9.56. The number of benzene rings is 1. The van der Waals surface area contributed by atoms with Gasteiger partial charge >= 0.3 is 0 Å². The van der Waals surface area contributed by atoms with Crippen LogP contribution in [-0.4, -0.2) is 9.97 Å². The van der Waals surface area contributed by atoms with E-state index < -0.39 is 0 Å². The van der Waals surface area contributed by atoms with E-state index in [-0.39, 0.29) is 5.95 Å². The van der Waals surface area contributed by atoms with E-state index in [1.807, 2.05) is 25.1 Å². The van der Waals surface area contributed by atoms with Crippen LogP contribution in [0.5, 0.6) is 0 Å². The largest absolute Gasteiger partial charge is 0.368 e. The van der Waals surface area contributed by atoms with E-state index in [0.717, 1.165) is 19.6 Å². The third kappa shape index (κ3) is 2.68. The number of aryl methyl sites for hydroxylation is 1. The van der Waals surface area contributed by atoms with Gasteiger partial charge in [-0.25, -0.2) is 4.98 Å². The van der Waals surface area contributed by atoms with Crippen molar-refractivity contribution in [2.24, 2.45) is 0 Å². The second-order valence-electron chi connectivity index (χ2n) is 4.43. The van der Waals surface area contributed by atoms with Crippen molar-refractivity contribution in [2.45, 2.75) is 6.92 Å². The molecule has 0 saturated heterocycles. The summed E-state index contributed by atoms with van der Waals surface area (Å²) in [5, 5.41) is 13.3. The summed E-state index contributed by atoms with van der Waals surface area (Å²) >= 11 is 4.96. The number of aromatic nitrogens is 2. The highest BCUT2D eigenvalue weighted by molar-refractivity contribution is 9.10. The molecule has 2 heterocycles. The van der Waals surface area contributed by atoms with Gasteiger partial charge in [-0.15, -0.1) is 11.3 Å². The summed E-state index contributed by atoms with van der Waals surface area (Å²) in [4.78, 5) is 10.4. The highest BCUT2D eigenvalue weighted by atomic mass is 79.9. The number of hydrogen-bond donors (Lipinski definition) is 2. The van der Waals surface area contributed by atoms with Gasteiger partial charge in [-0.05, 0) is 31.2 Å². The molecule has 3 rings (SSSR count). The first-order chi connectivity index (χ1) is 10.1. The zero-order valence-corrected chi connectivity index (χ0v) is 13.4. The van der Waals surface area contributed by atoms with Crippen LogP contribution in [0.2, 0.25) is 0 Å². The first kappa shape index (κ1) is 13.8. The maximum Gasteiger partial charge on any atom is 0.223 e. The van der Waals surface area contributed by atoms with Crippen molar-refractivity contribution < 1.29 is 0 Å². The summed E-state index contributed by atoms with van der Waals surface area (Å²) < 4.78 is 0.878. The molecule has 3 aromatic rings. The number of nitrogens with two attached hydrogens (primary N) is 1. The zero-order chi connectivity index (χ0) is 15.0. The van der Waals surface area contributed by atoms with Crippen LogP contribution in [0.4, 0.5) is 17.5 Å². The Morgan fingerprint density at radius 1 is 1.33 bits per heavy atom. The van der Waals surface area contributed by atoms with Crippen molar-refractivity contribution >= 4 is 54.9 Å². The highest BCUT2D eigenvalue weighted by Gasteiger charge is 2.11. The van der Waals surface area contributed by atoms with E-state index in [0.29, 0.717) is 17.1 Å². The molecule has 0 aliphatic heterocycles. The molecule has 0 aliphatic carbocycles. The molecule has 0 bridgehead atoms. The van der Waals surface area contributed by atoms with Gasteiger partial charge in [-0.1, -0.05) is 15.9 Å². The minimum absolute atomic E-state index is 0.209. The van der Waals surface area contributed by atoms with Crippen LogP contribution in [0.3, 0.4) is 0 Å². The lowest BCUT2D eigenvalue weighted by Crippen LogP contribution is -2.01. The molecular weight excluding hydrogens is 350 g/mol. The van der Waals surface area contributed by atoms with Gasteiger partial charge in [-0.3, -0.25) is 0 Å². The molecule has 0 spiro atoms. The lowest BCUT2D eigenvalue weighted by Gasteiger charge is -2.09. The van der Waals surface area contributed by atoms with Gasteiger partial charge in [0.15, 0.2) is 0 Å². The normalized spacial score (nSPS) is 10.5.